The van der Waals surface area contributed by atoms with Crippen LogP contribution >= 0.6 is 11.6 Å². The Labute approximate surface area is 109 Å². The summed E-state index contributed by atoms with van der Waals surface area (Å²) in [5.41, 5.74) is 0.950. The van der Waals surface area contributed by atoms with E-state index in [1.54, 1.807) is 24.3 Å². The number of rotatable bonds is 3. The van der Waals surface area contributed by atoms with Crippen molar-refractivity contribution >= 4 is 17.3 Å². The fraction of sp³-hybridized carbons (Fsp3) is 0.0769. The van der Waals surface area contributed by atoms with E-state index in [1.165, 1.54) is 12.1 Å². The molecule has 0 saturated heterocycles. The minimum absolute atomic E-state index is 0.0367. The van der Waals surface area contributed by atoms with Gasteiger partial charge in [-0.2, -0.15) is 0 Å². The summed E-state index contributed by atoms with van der Waals surface area (Å²) in [6.07, 6.45) is 0. The number of nitro groups is 1. The first-order chi connectivity index (χ1) is 8.56. The van der Waals surface area contributed by atoms with Crippen molar-refractivity contribution in [3.05, 3.63) is 63.2 Å². The highest BCUT2D eigenvalue weighted by atomic mass is 35.5. The molecule has 0 spiro atoms. The van der Waals surface area contributed by atoms with E-state index in [-0.39, 0.29) is 5.69 Å². The average molecular weight is 264 g/mol. The summed E-state index contributed by atoms with van der Waals surface area (Å²) in [4.78, 5) is 10.1. The van der Waals surface area contributed by atoms with Crippen molar-refractivity contribution in [1.82, 2.24) is 0 Å². The zero-order chi connectivity index (χ0) is 13.1. The summed E-state index contributed by atoms with van der Waals surface area (Å²) in [5.74, 6) is 1.19. The first kappa shape index (κ1) is 12.4. The van der Waals surface area contributed by atoms with Gasteiger partial charge in [-0.3, -0.25) is 10.1 Å². The van der Waals surface area contributed by atoms with E-state index < -0.39 is 4.92 Å². The van der Waals surface area contributed by atoms with Gasteiger partial charge in [-0.15, -0.1) is 0 Å². The van der Waals surface area contributed by atoms with Crippen LogP contribution in [0.4, 0.5) is 5.69 Å². The Bertz CT molecular complexity index is 581. The Hall–Kier alpha value is -2.07. The Morgan fingerprint density at radius 3 is 2.28 bits per heavy atom. The molecule has 2 aromatic rings. The molecule has 0 aliphatic rings. The fourth-order valence-corrected chi connectivity index (χ4v) is 1.57. The summed E-state index contributed by atoms with van der Waals surface area (Å²) >= 11 is 5.91. The zero-order valence-electron chi connectivity index (χ0n) is 9.59. The van der Waals surface area contributed by atoms with Crippen LogP contribution in [0.3, 0.4) is 0 Å². The second kappa shape index (κ2) is 5.06. The highest BCUT2D eigenvalue weighted by Gasteiger charge is 2.05. The normalized spacial score (nSPS) is 10.1. The van der Waals surface area contributed by atoms with Crippen molar-refractivity contribution in [2.24, 2.45) is 0 Å². The first-order valence-corrected chi connectivity index (χ1v) is 5.62. The molecule has 0 unspecified atom stereocenters. The lowest BCUT2D eigenvalue weighted by molar-refractivity contribution is -0.384. The molecule has 2 aromatic carbocycles. The summed E-state index contributed by atoms with van der Waals surface area (Å²) in [7, 11) is 0. The maximum atomic E-state index is 10.5. The van der Waals surface area contributed by atoms with E-state index in [4.69, 9.17) is 16.3 Å². The molecule has 0 aromatic heterocycles. The van der Waals surface area contributed by atoms with Crippen LogP contribution in [0.1, 0.15) is 5.56 Å². The van der Waals surface area contributed by atoms with E-state index >= 15 is 0 Å². The molecule has 0 aliphatic heterocycles. The Morgan fingerprint density at radius 2 is 1.72 bits per heavy atom. The second-order valence-corrected chi connectivity index (χ2v) is 4.17. The Kier molecular flexibility index (Phi) is 3.48. The third-order valence-corrected chi connectivity index (χ3v) is 2.84. The van der Waals surface area contributed by atoms with Crippen LogP contribution in [0, 0.1) is 17.0 Å². The summed E-state index contributed by atoms with van der Waals surface area (Å²) in [6.45, 7) is 1.88. The molecule has 0 bridgehead atoms. The van der Waals surface area contributed by atoms with Crippen molar-refractivity contribution in [2.45, 2.75) is 6.92 Å². The Morgan fingerprint density at radius 1 is 1.11 bits per heavy atom. The fourth-order valence-electron chi connectivity index (χ4n) is 1.45. The molecule has 18 heavy (non-hydrogen) atoms. The van der Waals surface area contributed by atoms with E-state index in [1.807, 2.05) is 13.0 Å². The van der Waals surface area contributed by atoms with Crippen LogP contribution in [0.15, 0.2) is 42.5 Å². The highest BCUT2D eigenvalue weighted by molar-refractivity contribution is 6.31. The molecule has 4 nitrogen and oxygen atoms in total. The van der Waals surface area contributed by atoms with Gasteiger partial charge in [0.2, 0.25) is 0 Å². The van der Waals surface area contributed by atoms with Gasteiger partial charge in [0, 0.05) is 17.2 Å². The number of nitrogens with zero attached hydrogens (tertiary/aromatic N) is 1. The topological polar surface area (TPSA) is 52.4 Å². The number of ether oxygens (including phenoxy) is 1. The standard InChI is InChI=1S/C13H10ClNO3/c1-9-8-12(6-7-13(9)14)18-11-4-2-10(3-5-11)15(16)17/h2-8H,1H3. The number of halogens is 1. The third-order valence-electron chi connectivity index (χ3n) is 2.41. The number of hydrogen-bond donors (Lipinski definition) is 0. The van der Waals surface area contributed by atoms with Crippen molar-refractivity contribution in [3.63, 3.8) is 0 Å². The molecule has 92 valence electrons. The zero-order valence-corrected chi connectivity index (χ0v) is 10.3. The van der Waals surface area contributed by atoms with Crippen LogP contribution in [0.5, 0.6) is 11.5 Å². The molecule has 0 saturated carbocycles. The average Bonchev–Trinajstić information content (AvgIpc) is 2.34. The van der Waals surface area contributed by atoms with Crippen molar-refractivity contribution in [3.8, 4) is 11.5 Å². The summed E-state index contributed by atoms with van der Waals surface area (Å²) in [6, 6.07) is 11.2. The molecule has 0 radical (unpaired) electrons. The number of aryl methyl sites for hydroxylation is 1. The molecule has 0 heterocycles. The molecule has 2 rings (SSSR count). The summed E-state index contributed by atoms with van der Waals surface area (Å²) in [5, 5.41) is 11.2. The Balaban J connectivity index is 2.18. The SMILES string of the molecule is Cc1cc(Oc2ccc([N+](=O)[O-])cc2)ccc1Cl. The van der Waals surface area contributed by atoms with Gasteiger partial charge in [0.1, 0.15) is 11.5 Å². The van der Waals surface area contributed by atoms with Gasteiger partial charge in [0.05, 0.1) is 4.92 Å². The van der Waals surface area contributed by atoms with Crippen LogP contribution in [-0.4, -0.2) is 4.92 Å². The monoisotopic (exact) mass is 263 g/mol. The van der Waals surface area contributed by atoms with Crippen LogP contribution in [0.2, 0.25) is 5.02 Å². The molecular weight excluding hydrogens is 254 g/mol. The summed E-state index contributed by atoms with van der Waals surface area (Å²) < 4.78 is 5.57. The molecule has 0 fully saturated rings. The first-order valence-electron chi connectivity index (χ1n) is 5.25. The molecular formula is C13H10ClNO3. The van der Waals surface area contributed by atoms with Gasteiger partial charge < -0.3 is 4.74 Å². The number of hydrogen-bond acceptors (Lipinski definition) is 3. The van der Waals surface area contributed by atoms with Gasteiger partial charge in [-0.25, -0.2) is 0 Å². The van der Waals surface area contributed by atoms with E-state index in [2.05, 4.69) is 0 Å². The van der Waals surface area contributed by atoms with Crippen molar-refractivity contribution < 1.29 is 9.66 Å². The third kappa shape index (κ3) is 2.78. The van der Waals surface area contributed by atoms with Crippen LogP contribution < -0.4 is 4.74 Å². The molecule has 0 atom stereocenters. The van der Waals surface area contributed by atoms with Gasteiger partial charge in [-0.1, -0.05) is 11.6 Å². The quantitative estimate of drug-likeness (QED) is 0.611. The lowest BCUT2D eigenvalue weighted by atomic mass is 10.2. The van der Waals surface area contributed by atoms with E-state index in [9.17, 15) is 10.1 Å². The van der Waals surface area contributed by atoms with Gasteiger partial charge >= 0.3 is 0 Å². The number of non-ortho nitro benzene ring substituents is 1. The predicted molar refractivity (Wildman–Crippen MR) is 69.4 cm³/mol. The van der Waals surface area contributed by atoms with Gasteiger partial charge in [-0.05, 0) is 42.8 Å². The van der Waals surface area contributed by atoms with Crippen molar-refractivity contribution in [2.75, 3.05) is 0 Å². The number of benzene rings is 2. The maximum absolute atomic E-state index is 10.5. The van der Waals surface area contributed by atoms with E-state index in [0.29, 0.717) is 16.5 Å². The minimum atomic E-state index is -0.448. The van der Waals surface area contributed by atoms with Crippen LogP contribution in [0.25, 0.3) is 0 Å². The van der Waals surface area contributed by atoms with Crippen molar-refractivity contribution in [1.29, 1.82) is 0 Å². The molecule has 0 aliphatic carbocycles. The van der Waals surface area contributed by atoms with Crippen LogP contribution in [-0.2, 0) is 0 Å². The predicted octanol–water partition coefficient (Wildman–Crippen LogP) is 4.35. The second-order valence-electron chi connectivity index (χ2n) is 3.76. The lowest BCUT2D eigenvalue weighted by Crippen LogP contribution is -1.88. The maximum Gasteiger partial charge on any atom is 0.269 e. The highest BCUT2D eigenvalue weighted by Crippen LogP contribution is 2.27. The lowest BCUT2D eigenvalue weighted by Gasteiger charge is -2.06. The molecule has 0 amide bonds. The number of nitro benzene ring substituents is 1. The van der Waals surface area contributed by atoms with Gasteiger partial charge in [0.25, 0.3) is 5.69 Å². The van der Waals surface area contributed by atoms with Gasteiger partial charge in [0.15, 0.2) is 0 Å². The molecule has 0 N–H and O–H groups in total. The minimum Gasteiger partial charge on any atom is -0.457 e. The smallest absolute Gasteiger partial charge is 0.269 e. The largest absolute Gasteiger partial charge is 0.457 e. The molecule has 5 heteroatoms. The van der Waals surface area contributed by atoms with E-state index in [0.717, 1.165) is 5.56 Å².